The molecule has 0 aliphatic rings. The second kappa shape index (κ2) is 8.55. The molecule has 3 rings (SSSR count). The number of hydrogen-bond donors (Lipinski definition) is 4. The van der Waals surface area contributed by atoms with Gasteiger partial charge in [-0.05, 0) is 43.3 Å². The summed E-state index contributed by atoms with van der Waals surface area (Å²) < 4.78 is 40.5. The number of carbonyl (C=O) groups is 1. The van der Waals surface area contributed by atoms with Gasteiger partial charge in [0, 0.05) is 11.3 Å². The highest BCUT2D eigenvalue weighted by Crippen LogP contribution is 2.28. The van der Waals surface area contributed by atoms with Gasteiger partial charge in [-0.2, -0.15) is 0 Å². The number of aromatic nitrogens is 2. The Labute approximate surface area is 169 Å². The fourth-order valence-corrected chi connectivity index (χ4v) is 2.36. The average Bonchev–Trinajstić information content (AvgIpc) is 2.69. The molecule has 2 aromatic carbocycles. The summed E-state index contributed by atoms with van der Waals surface area (Å²) in [5, 5.41) is 2.86. The van der Waals surface area contributed by atoms with Gasteiger partial charge in [-0.1, -0.05) is 17.7 Å². The highest BCUT2D eigenvalue weighted by Gasteiger charge is 2.30. The largest absolute Gasteiger partial charge is 0.573 e. The summed E-state index contributed by atoms with van der Waals surface area (Å²) in [5.41, 5.74) is 13.1. The van der Waals surface area contributed by atoms with Crippen LogP contribution in [-0.2, 0) is 0 Å². The summed E-state index contributed by atoms with van der Waals surface area (Å²) in [7, 11) is 0. The molecule has 1 amide bonds. The van der Waals surface area contributed by atoms with E-state index in [1.165, 1.54) is 18.5 Å². The summed E-state index contributed by atoms with van der Waals surface area (Å²) in [6.07, 6.45) is -3.56. The van der Waals surface area contributed by atoms with Gasteiger partial charge in [0.15, 0.2) is 11.6 Å². The topological polar surface area (TPSA) is 114 Å². The molecule has 1 aromatic heterocycles. The number of aryl methyl sites for hydroxylation is 1. The molecule has 30 heavy (non-hydrogen) atoms. The Morgan fingerprint density at radius 3 is 2.27 bits per heavy atom. The van der Waals surface area contributed by atoms with Crippen molar-refractivity contribution >= 4 is 28.9 Å². The molecule has 0 unspecified atom stereocenters. The third kappa shape index (κ3) is 5.50. The number of nitrogens with one attached hydrogen (secondary N) is 3. The Morgan fingerprint density at radius 1 is 1.00 bits per heavy atom. The van der Waals surface area contributed by atoms with Crippen molar-refractivity contribution in [3.05, 3.63) is 66.0 Å². The highest BCUT2D eigenvalue weighted by atomic mass is 19.4. The maximum Gasteiger partial charge on any atom is 0.573 e. The van der Waals surface area contributed by atoms with E-state index < -0.39 is 6.36 Å². The summed E-state index contributed by atoms with van der Waals surface area (Å²) in [5.74, 6) is -0.404. The number of ether oxygens (including phenoxy) is 1. The van der Waals surface area contributed by atoms with Gasteiger partial charge >= 0.3 is 6.36 Å². The lowest BCUT2D eigenvalue weighted by Crippen LogP contribution is -2.30. The number of hydrogen-bond acceptors (Lipinski definition) is 7. The van der Waals surface area contributed by atoms with Gasteiger partial charge in [0.25, 0.3) is 5.91 Å². The molecule has 0 radical (unpaired) electrons. The van der Waals surface area contributed by atoms with Crippen LogP contribution in [-0.4, -0.2) is 22.2 Å². The first kappa shape index (κ1) is 20.7. The molecule has 0 saturated heterocycles. The Balaban J connectivity index is 1.66. The number of alkyl halides is 3. The number of nitrogen functional groups attached to an aromatic ring is 1. The fourth-order valence-electron chi connectivity index (χ4n) is 2.36. The normalized spacial score (nSPS) is 10.9. The molecule has 0 bridgehead atoms. The first-order chi connectivity index (χ1) is 14.2. The van der Waals surface area contributed by atoms with Crippen molar-refractivity contribution in [1.29, 1.82) is 0 Å². The lowest BCUT2D eigenvalue weighted by molar-refractivity contribution is -0.274. The number of nitrogens with two attached hydrogens (primary N) is 1. The molecule has 0 fully saturated rings. The number of nitrogens with zero attached hydrogens (tertiary/aromatic N) is 2. The molecule has 0 aliphatic heterocycles. The molecule has 3 aromatic rings. The minimum Gasteiger partial charge on any atom is -0.406 e. The molecular weight excluding hydrogens is 401 g/mol. The number of anilines is 4. The molecule has 1 heterocycles. The van der Waals surface area contributed by atoms with E-state index in [2.05, 4.69) is 30.9 Å². The molecule has 8 nitrogen and oxygen atoms in total. The summed E-state index contributed by atoms with van der Waals surface area (Å²) in [6.45, 7) is 1.91. The van der Waals surface area contributed by atoms with E-state index in [9.17, 15) is 18.0 Å². The number of amides is 1. The van der Waals surface area contributed by atoms with Crippen LogP contribution in [0.4, 0.5) is 36.2 Å². The van der Waals surface area contributed by atoms with Crippen molar-refractivity contribution < 1.29 is 22.7 Å². The SMILES string of the molecule is Cc1ccc(C(=O)NNc2ncnc(Nc3ccc(OC(F)(F)F)cc3)c2N)cc1. The number of benzene rings is 2. The monoisotopic (exact) mass is 418 g/mol. The maximum absolute atomic E-state index is 12.2. The van der Waals surface area contributed by atoms with Crippen molar-refractivity contribution in [2.24, 2.45) is 0 Å². The van der Waals surface area contributed by atoms with Crippen molar-refractivity contribution in [2.45, 2.75) is 13.3 Å². The van der Waals surface area contributed by atoms with Crippen LogP contribution in [0.25, 0.3) is 0 Å². The van der Waals surface area contributed by atoms with E-state index >= 15 is 0 Å². The third-order valence-electron chi connectivity index (χ3n) is 3.84. The number of carbonyl (C=O) groups excluding carboxylic acids is 1. The first-order valence-electron chi connectivity index (χ1n) is 8.57. The van der Waals surface area contributed by atoms with Crippen LogP contribution < -0.4 is 26.6 Å². The van der Waals surface area contributed by atoms with Crippen LogP contribution in [0.5, 0.6) is 5.75 Å². The van der Waals surface area contributed by atoms with Crippen molar-refractivity contribution in [3.8, 4) is 5.75 Å². The molecule has 0 atom stereocenters. The van der Waals surface area contributed by atoms with Crippen molar-refractivity contribution in [1.82, 2.24) is 15.4 Å². The third-order valence-corrected chi connectivity index (χ3v) is 3.84. The zero-order chi connectivity index (χ0) is 21.7. The lowest BCUT2D eigenvalue weighted by atomic mass is 10.1. The van der Waals surface area contributed by atoms with Gasteiger partial charge in [0.05, 0.1) is 0 Å². The van der Waals surface area contributed by atoms with E-state index in [1.54, 1.807) is 24.3 Å². The molecule has 0 saturated carbocycles. The second-order valence-corrected chi connectivity index (χ2v) is 6.13. The van der Waals surface area contributed by atoms with Gasteiger partial charge in [-0.25, -0.2) is 9.97 Å². The van der Waals surface area contributed by atoms with E-state index in [-0.39, 0.29) is 29.0 Å². The standard InChI is InChI=1S/C19H17F3N6O2/c1-11-2-4-12(5-3-11)18(29)28-27-17-15(23)16(24-10-25-17)26-13-6-8-14(9-7-13)30-19(20,21)22/h2-10H,23H2,1H3,(H,28,29)(H2,24,25,26,27). The van der Waals surface area contributed by atoms with E-state index in [4.69, 9.17) is 5.73 Å². The van der Waals surface area contributed by atoms with Gasteiger partial charge in [-0.15, -0.1) is 13.2 Å². The Kier molecular flexibility index (Phi) is 5.90. The number of halogens is 3. The van der Waals surface area contributed by atoms with Crippen LogP contribution in [0.3, 0.4) is 0 Å². The predicted octanol–water partition coefficient (Wildman–Crippen LogP) is 3.77. The van der Waals surface area contributed by atoms with Crippen LogP contribution in [0.2, 0.25) is 0 Å². The van der Waals surface area contributed by atoms with Gasteiger partial charge in [0.1, 0.15) is 17.8 Å². The smallest absolute Gasteiger partial charge is 0.406 e. The zero-order valence-electron chi connectivity index (χ0n) is 15.6. The minimum absolute atomic E-state index is 0.0947. The second-order valence-electron chi connectivity index (χ2n) is 6.13. The Hall–Kier alpha value is -4.02. The summed E-state index contributed by atoms with van der Waals surface area (Å²) in [6, 6.07) is 12.0. The number of rotatable bonds is 6. The van der Waals surface area contributed by atoms with Crippen molar-refractivity contribution in [2.75, 3.05) is 16.5 Å². The maximum atomic E-state index is 12.2. The summed E-state index contributed by atoms with van der Waals surface area (Å²) in [4.78, 5) is 20.1. The van der Waals surface area contributed by atoms with Crippen LogP contribution in [0.15, 0.2) is 54.9 Å². The predicted molar refractivity (Wildman–Crippen MR) is 105 cm³/mol. The Bertz CT molecular complexity index is 1020. The molecule has 5 N–H and O–H groups in total. The molecule has 11 heteroatoms. The molecular formula is C19H17F3N6O2. The summed E-state index contributed by atoms with van der Waals surface area (Å²) >= 11 is 0. The first-order valence-corrected chi connectivity index (χ1v) is 8.57. The quantitative estimate of drug-likeness (QED) is 0.451. The van der Waals surface area contributed by atoms with Crippen LogP contribution in [0, 0.1) is 6.92 Å². The Morgan fingerprint density at radius 2 is 1.63 bits per heavy atom. The number of hydrazine groups is 1. The lowest BCUT2D eigenvalue weighted by Gasteiger charge is -2.14. The fraction of sp³-hybridized carbons (Fsp3) is 0.105. The van der Waals surface area contributed by atoms with Gasteiger partial charge in [-0.3, -0.25) is 15.6 Å². The minimum atomic E-state index is -4.77. The van der Waals surface area contributed by atoms with Crippen LogP contribution in [0.1, 0.15) is 15.9 Å². The zero-order valence-corrected chi connectivity index (χ0v) is 15.6. The van der Waals surface area contributed by atoms with Gasteiger partial charge in [0.2, 0.25) is 0 Å². The van der Waals surface area contributed by atoms with E-state index in [1.807, 2.05) is 6.92 Å². The van der Waals surface area contributed by atoms with E-state index in [0.29, 0.717) is 11.3 Å². The highest BCUT2D eigenvalue weighted by molar-refractivity contribution is 5.95. The van der Waals surface area contributed by atoms with E-state index in [0.717, 1.165) is 17.7 Å². The molecule has 156 valence electrons. The van der Waals surface area contributed by atoms with Gasteiger partial charge < -0.3 is 15.8 Å². The van der Waals surface area contributed by atoms with Crippen molar-refractivity contribution in [3.63, 3.8) is 0 Å². The molecule has 0 spiro atoms. The molecule has 0 aliphatic carbocycles. The van der Waals surface area contributed by atoms with Crippen LogP contribution >= 0.6 is 0 Å². The average molecular weight is 418 g/mol.